The van der Waals surface area contributed by atoms with Crippen LogP contribution >= 0.6 is 0 Å². The second kappa shape index (κ2) is 10.6. The second-order valence-electron chi connectivity index (χ2n) is 5.77. The van der Waals surface area contributed by atoms with Crippen LogP contribution in [0, 0.1) is 5.92 Å². The Kier molecular flexibility index (Phi) is 9.58. The predicted octanol–water partition coefficient (Wildman–Crippen LogP) is -2.46. The molecule has 0 aromatic rings. The van der Waals surface area contributed by atoms with Crippen LogP contribution in [0.1, 0.15) is 27.2 Å². The topological polar surface area (TPSA) is 171 Å². The first-order valence-corrected chi connectivity index (χ1v) is 7.56. The summed E-state index contributed by atoms with van der Waals surface area (Å²) in [6, 6.07) is -3.36. The van der Waals surface area contributed by atoms with E-state index in [1.807, 2.05) is 13.8 Å². The number of nitrogens with two attached hydrogens (primary N) is 1. The molecule has 0 aliphatic carbocycles. The van der Waals surface area contributed by atoms with Gasteiger partial charge < -0.3 is 31.9 Å². The number of nitrogens with one attached hydrogen (secondary N) is 3. The zero-order valence-electron chi connectivity index (χ0n) is 14.0. The highest BCUT2D eigenvalue weighted by molar-refractivity contribution is 5.93. The molecule has 0 rings (SSSR count). The molecule has 10 nitrogen and oxygen atoms in total. The highest BCUT2D eigenvalue weighted by Crippen LogP contribution is 2.05. The van der Waals surface area contributed by atoms with Crippen molar-refractivity contribution in [2.75, 3.05) is 13.2 Å². The molecule has 7 N–H and O–H groups in total. The lowest BCUT2D eigenvalue weighted by molar-refractivity contribution is -0.142. The van der Waals surface area contributed by atoms with E-state index in [9.17, 15) is 19.2 Å². The first kappa shape index (κ1) is 21.8. The third-order valence-electron chi connectivity index (χ3n) is 3.09. The molecular weight excluding hydrogens is 320 g/mol. The summed E-state index contributed by atoms with van der Waals surface area (Å²) in [6.07, 6.45) is 0.244. The van der Waals surface area contributed by atoms with Gasteiger partial charge in [0.25, 0.3) is 0 Å². The van der Waals surface area contributed by atoms with Crippen molar-refractivity contribution in [3.63, 3.8) is 0 Å². The molecule has 3 amide bonds. The van der Waals surface area contributed by atoms with E-state index in [4.69, 9.17) is 15.9 Å². The van der Waals surface area contributed by atoms with E-state index in [0.717, 1.165) is 0 Å². The van der Waals surface area contributed by atoms with Crippen molar-refractivity contribution in [3.05, 3.63) is 0 Å². The van der Waals surface area contributed by atoms with E-state index in [-0.39, 0.29) is 18.9 Å². The number of aliphatic carboxylic acids is 1. The second-order valence-corrected chi connectivity index (χ2v) is 5.77. The highest BCUT2D eigenvalue weighted by atomic mass is 16.4. The first-order valence-electron chi connectivity index (χ1n) is 7.56. The van der Waals surface area contributed by atoms with Gasteiger partial charge >= 0.3 is 5.97 Å². The Morgan fingerprint density at radius 2 is 1.54 bits per heavy atom. The molecule has 3 unspecified atom stereocenters. The molecule has 0 aromatic heterocycles. The van der Waals surface area contributed by atoms with Crippen LogP contribution in [-0.4, -0.2) is 65.2 Å². The number of aliphatic hydroxyl groups is 1. The van der Waals surface area contributed by atoms with E-state index in [1.54, 1.807) is 0 Å². The highest BCUT2D eigenvalue weighted by Gasteiger charge is 2.27. The van der Waals surface area contributed by atoms with Crippen LogP contribution in [-0.2, 0) is 19.2 Å². The molecule has 0 aliphatic heterocycles. The number of carbonyl (C=O) groups excluding carboxylic acids is 3. The Labute approximate surface area is 140 Å². The monoisotopic (exact) mass is 346 g/mol. The summed E-state index contributed by atoms with van der Waals surface area (Å²) in [6.45, 7) is 3.98. The van der Waals surface area contributed by atoms with Gasteiger partial charge in [0, 0.05) is 0 Å². The third kappa shape index (κ3) is 7.88. The Balaban J connectivity index is 4.69. The van der Waals surface area contributed by atoms with Gasteiger partial charge in [-0.15, -0.1) is 0 Å². The average Bonchev–Trinajstić information content (AvgIpc) is 2.50. The van der Waals surface area contributed by atoms with Crippen molar-refractivity contribution in [3.8, 4) is 0 Å². The van der Waals surface area contributed by atoms with Crippen LogP contribution in [0.15, 0.2) is 0 Å². The predicted molar refractivity (Wildman–Crippen MR) is 84.7 cm³/mol. The van der Waals surface area contributed by atoms with Crippen LogP contribution in [0.25, 0.3) is 0 Å². The number of carboxylic acid groups (broad SMARTS) is 1. The number of hydrogen-bond donors (Lipinski definition) is 6. The smallest absolute Gasteiger partial charge is 0.326 e. The van der Waals surface area contributed by atoms with Crippen molar-refractivity contribution in [2.24, 2.45) is 11.7 Å². The van der Waals surface area contributed by atoms with E-state index in [1.165, 1.54) is 6.92 Å². The van der Waals surface area contributed by atoms with Gasteiger partial charge in [-0.3, -0.25) is 14.4 Å². The maximum absolute atomic E-state index is 12.0. The van der Waals surface area contributed by atoms with Crippen LogP contribution in [0.4, 0.5) is 0 Å². The lowest BCUT2D eigenvalue weighted by Crippen LogP contribution is -2.56. The molecule has 0 saturated heterocycles. The Hall–Kier alpha value is -2.20. The number of carboxylic acids is 1. The van der Waals surface area contributed by atoms with Crippen molar-refractivity contribution in [1.29, 1.82) is 0 Å². The minimum absolute atomic E-state index is 0.0570. The molecule has 0 aromatic carbocycles. The summed E-state index contributed by atoms with van der Waals surface area (Å²) >= 11 is 0. The third-order valence-corrected chi connectivity index (χ3v) is 3.09. The molecular formula is C14H26N4O6. The van der Waals surface area contributed by atoms with Gasteiger partial charge in [-0.1, -0.05) is 13.8 Å². The van der Waals surface area contributed by atoms with E-state index in [0.29, 0.717) is 0 Å². The lowest BCUT2D eigenvalue weighted by Gasteiger charge is -2.22. The van der Waals surface area contributed by atoms with Crippen LogP contribution in [0.5, 0.6) is 0 Å². The molecule has 0 aliphatic rings. The summed E-state index contributed by atoms with van der Waals surface area (Å²) in [7, 11) is 0. The number of aliphatic hydroxyl groups excluding tert-OH is 1. The van der Waals surface area contributed by atoms with Gasteiger partial charge in [-0.25, -0.2) is 4.79 Å². The standard InChI is InChI=1S/C14H26N4O6/c1-7(2)4-9(14(23)24)18-12(21)8(3)16-13(22)10(6-19)17-11(20)5-15/h7-10,19H,4-6,15H2,1-3H3,(H,16,22)(H,17,20)(H,18,21)(H,23,24). The minimum atomic E-state index is -1.25. The largest absolute Gasteiger partial charge is 0.480 e. The minimum Gasteiger partial charge on any atom is -0.480 e. The lowest BCUT2D eigenvalue weighted by atomic mass is 10.0. The quantitative estimate of drug-likeness (QED) is 0.255. The Bertz CT molecular complexity index is 468. The first-order chi connectivity index (χ1) is 11.1. The zero-order valence-corrected chi connectivity index (χ0v) is 14.0. The van der Waals surface area contributed by atoms with Crippen LogP contribution < -0.4 is 21.7 Å². The van der Waals surface area contributed by atoms with E-state index >= 15 is 0 Å². The summed E-state index contributed by atoms with van der Waals surface area (Å²) in [5.74, 6) is -3.21. The SMILES string of the molecule is CC(C)CC(NC(=O)C(C)NC(=O)C(CO)NC(=O)CN)C(=O)O. The van der Waals surface area contributed by atoms with E-state index < -0.39 is 48.4 Å². The maximum atomic E-state index is 12.0. The fraction of sp³-hybridized carbons (Fsp3) is 0.714. The van der Waals surface area contributed by atoms with Crippen LogP contribution in [0.3, 0.4) is 0 Å². The fourth-order valence-electron chi connectivity index (χ4n) is 1.82. The molecule has 0 spiro atoms. The fourth-order valence-corrected chi connectivity index (χ4v) is 1.82. The van der Waals surface area contributed by atoms with Gasteiger partial charge in [-0.05, 0) is 19.3 Å². The number of amides is 3. The zero-order chi connectivity index (χ0) is 18.9. The number of hydrogen-bond acceptors (Lipinski definition) is 6. The van der Waals surface area contributed by atoms with Gasteiger partial charge in [0.05, 0.1) is 13.2 Å². The molecule has 0 saturated carbocycles. The number of rotatable bonds is 10. The summed E-state index contributed by atoms with van der Waals surface area (Å²) < 4.78 is 0. The van der Waals surface area contributed by atoms with Crippen molar-refractivity contribution >= 4 is 23.7 Å². The van der Waals surface area contributed by atoms with Crippen molar-refractivity contribution in [2.45, 2.75) is 45.3 Å². The summed E-state index contributed by atoms with van der Waals surface area (Å²) in [5.41, 5.74) is 5.10. The van der Waals surface area contributed by atoms with Gasteiger partial charge in [0.1, 0.15) is 18.1 Å². The molecule has 0 radical (unpaired) electrons. The molecule has 3 atom stereocenters. The molecule has 0 heterocycles. The molecule has 0 bridgehead atoms. The molecule has 0 fully saturated rings. The average molecular weight is 346 g/mol. The van der Waals surface area contributed by atoms with Gasteiger partial charge in [-0.2, -0.15) is 0 Å². The number of carbonyl (C=O) groups is 4. The molecule has 24 heavy (non-hydrogen) atoms. The summed E-state index contributed by atoms with van der Waals surface area (Å²) in [4.78, 5) is 46.2. The van der Waals surface area contributed by atoms with Crippen molar-refractivity contribution < 1.29 is 29.4 Å². The van der Waals surface area contributed by atoms with Crippen LogP contribution in [0.2, 0.25) is 0 Å². The van der Waals surface area contributed by atoms with Gasteiger partial charge in [0.2, 0.25) is 17.7 Å². The Morgan fingerprint density at radius 1 is 0.958 bits per heavy atom. The normalized spacial score (nSPS) is 14.4. The molecule has 138 valence electrons. The summed E-state index contributed by atoms with van der Waals surface area (Å²) in [5, 5.41) is 25.0. The van der Waals surface area contributed by atoms with E-state index in [2.05, 4.69) is 16.0 Å². The van der Waals surface area contributed by atoms with Crippen molar-refractivity contribution in [1.82, 2.24) is 16.0 Å². The maximum Gasteiger partial charge on any atom is 0.326 e. The Morgan fingerprint density at radius 3 is 1.96 bits per heavy atom. The van der Waals surface area contributed by atoms with Gasteiger partial charge in [0.15, 0.2) is 0 Å². The molecule has 10 heteroatoms.